The van der Waals surface area contributed by atoms with Crippen molar-refractivity contribution >= 4 is 37.1 Å². The highest BCUT2D eigenvalue weighted by Gasteiger charge is 2.26. The second-order valence-electron chi connectivity index (χ2n) is 4.61. The smallest absolute Gasteiger partial charge is 0.228 e. The van der Waals surface area contributed by atoms with E-state index in [4.69, 9.17) is 4.52 Å². The van der Waals surface area contributed by atoms with Gasteiger partial charge in [-0.25, -0.2) is 8.42 Å². The highest BCUT2D eigenvalue weighted by molar-refractivity contribution is 9.10. The Morgan fingerprint density at radius 3 is 3.10 bits per heavy atom. The van der Waals surface area contributed by atoms with E-state index in [9.17, 15) is 8.42 Å². The standard InChI is InChI=1S/C11H12BrN3O3S2/c12-7-3-9(19-5-7)11-14-10(18-15-11)4-8-6-20(16,17)2-1-13-8/h3,5,8,13H,1-2,4,6H2. The number of halogens is 1. The molecule has 1 aliphatic rings. The molecule has 3 rings (SSSR count). The van der Waals surface area contributed by atoms with Gasteiger partial charge in [0.15, 0.2) is 9.84 Å². The van der Waals surface area contributed by atoms with Crippen molar-refractivity contribution in [1.29, 1.82) is 0 Å². The van der Waals surface area contributed by atoms with E-state index in [1.165, 1.54) is 11.3 Å². The van der Waals surface area contributed by atoms with Gasteiger partial charge in [-0.3, -0.25) is 0 Å². The van der Waals surface area contributed by atoms with Gasteiger partial charge in [-0.15, -0.1) is 11.3 Å². The van der Waals surface area contributed by atoms with E-state index in [1.54, 1.807) is 0 Å². The number of hydrogen-bond donors (Lipinski definition) is 1. The molecule has 0 aromatic carbocycles. The molecule has 9 heteroatoms. The summed E-state index contributed by atoms with van der Waals surface area (Å²) in [7, 11) is -2.95. The first-order chi connectivity index (χ1) is 9.52. The van der Waals surface area contributed by atoms with Gasteiger partial charge < -0.3 is 9.84 Å². The first-order valence-corrected chi connectivity index (χ1v) is 9.52. The summed E-state index contributed by atoms with van der Waals surface area (Å²) in [6.07, 6.45) is 0.429. The van der Waals surface area contributed by atoms with Crippen molar-refractivity contribution in [2.24, 2.45) is 0 Å². The van der Waals surface area contributed by atoms with E-state index in [1.807, 2.05) is 11.4 Å². The Labute approximate surface area is 128 Å². The van der Waals surface area contributed by atoms with Crippen LogP contribution in [0.1, 0.15) is 5.89 Å². The molecule has 2 aromatic rings. The van der Waals surface area contributed by atoms with Crippen molar-refractivity contribution in [2.75, 3.05) is 18.1 Å². The Balaban J connectivity index is 1.71. The van der Waals surface area contributed by atoms with Crippen LogP contribution < -0.4 is 5.32 Å². The maximum absolute atomic E-state index is 11.6. The maximum atomic E-state index is 11.6. The van der Waals surface area contributed by atoms with Gasteiger partial charge >= 0.3 is 0 Å². The Bertz CT molecular complexity index is 710. The normalized spacial score (nSPS) is 21.9. The molecular weight excluding hydrogens is 366 g/mol. The summed E-state index contributed by atoms with van der Waals surface area (Å²) >= 11 is 4.89. The molecule has 0 amide bonds. The summed E-state index contributed by atoms with van der Waals surface area (Å²) in [6.45, 7) is 0.478. The van der Waals surface area contributed by atoms with Gasteiger partial charge in [0.2, 0.25) is 11.7 Å². The molecule has 0 bridgehead atoms. The fraction of sp³-hybridized carbons (Fsp3) is 0.455. The third-order valence-electron chi connectivity index (χ3n) is 2.98. The summed E-state index contributed by atoms with van der Waals surface area (Å²) in [5.41, 5.74) is 0. The van der Waals surface area contributed by atoms with E-state index in [2.05, 4.69) is 31.4 Å². The molecule has 0 radical (unpaired) electrons. The summed E-state index contributed by atoms with van der Waals surface area (Å²) in [5.74, 6) is 1.31. The molecule has 1 fully saturated rings. The lowest BCUT2D eigenvalue weighted by molar-refractivity contribution is 0.361. The molecule has 1 unspecified atom stereocenters. The van der Waals surface area contributed by atoms with Crippen LogP contribution in [0.2, 0.25) is 0 Å². The van der Waals surface area contributed by atoms with Crippen molar-refractivity contribution in [3.05, 3.63) is 21.8 Å². The van der Waals surface area contributed by atoms with Crippen LogP contribution in [0.5, 0.6) is 0 Å². The average Bonchev–Trinajstić information content (AvgIpc) is 2.97. The highest BCUT2D eigenvalue weighted by Crippen LogP contribution is 2.27. The lowest BCUT2D eigenvalue weighted by Crippen LogP contribution is -2.46. The molecule has 6 nitrogen and oxygen atoms in total. The molecule has 1 saturated heterocycles. The Kier molecular flexibility index (Phi) is 3.93. The zero-order valence-electron chi connectivity index (χ0n) is 10.4. The first-order valence-electron chi connectivity index (χ1n) is 6.03. The summed E-state index contributed by atoms with van der Waals surface area (Å²) in [5, 5.41) is 9.04. The minimum absolute atomic E-state index is 0.120. The Morgan fingerprint density at radius 1 is 1.55 bits per heavy atom. The third kappa shape index (κ3) is 3.27. The molecule has 20 heavy (non-hydrogen) atoms. The van der Waals surface area contributed by atoms with E-state index >= 15 is 0 Å². The van der Waals surface area contributed by atoms with Crippen molar-refractivity contribution in [3.63, 3.8) is 0 Å². The van der Waals surface area contributed by atoms with Crippen LogP contribution in [0.25, 0.3) is 10.7 Å². The Morgan fingerprint density at radius 2 is 2.40 bits per heavy atom. The molecule has 3 heterocycles. The highest BCUT2D eigenvalue weighted by atomic mass is 79.9. The zero-order chi connectivity index (χ0) is 14.2. The number of aromatic nitrogens is 2. The average molecular weight is 378 g/mol. The molecular formula is C11H12BrN3O3S2. The predicted molar refractivity (Wildman–Crippen MR) is 79.5 cm³/mol. The molecule has 1 atom stereocenters. The van der Waals surface area contributed by atoms with Gasteiger partial charge in [-0.1, -0.05) is 5.16 Å². The fourth-order valence-corrected chi connectivity index (χ4v) is 4.87. The monoisotopic (exact) mass is 377 g/mol. The van der Waals surface area contributed by atoms with Gasteiger partial charge in [0.25, 0.3) is 0 Å². The van der Waals surface area contributed by atoms with Gasteiger partial charge in [0.05, 0.1) is 16.4 Å². The van der Waals surface area contributed by atoms with Crippen LogP contribution in [0.3, 0.4) is 0 Å². The molecule has 1 aliphatic heterocycles. The van der Waals surface area contributed by atoms with Gasteiger partial charge in [-0.2, -0.15) is 4.98 Å². The first kappa shape index (κ1) is 14.2. The number of rotatable bonds is 3. The van der Waals surface area contributed by atoms with Gasteiger partial charge in [0, 0.05) is 28.9 Å². The fourth-order valence-electron chi connectivity index (χ4n) is 2.08. The van der Waals surface area contributed by atoms with Crippen LogP contribution in [-0.2, 0) is 16.3 Å². The predicted octanol–water partition coefficient (Wildman–Crippen LogP) is 1.49. The summed E-state index contributed by atoms with van der Waals surface area (Å²) in [6, 6.07) is 1.76. The lowest BCUT2D eigenvalue weighted by Gasteiger charge is -2.21. The molecule has 0 aliphatic carbocycles. The zero-order valence-corrected chi connectivity index (χ0v) is 13.6. The number of sulfone groups is 1. The summed E-state index contributed by atoms with van der Waals surface area (Å²) < 4.78 is 29.3. The number of nitrogens with one attached hydrogen (secondary N) is 1. The van der Waals surface area contributed by atoms with Crippen LogP contribution in [-0.4, -0.2) is 42.7 Å². The van der Waals surface area contributed by atoms with Crippen LogP contribution in [0.15, 0.2) is 20.4 Å². The van der Waals surface area contributed by atoms with Gasteiger partial charge in [0.1, 0.15) is 0 Å². The third-order valence-corrected chi connectivity index (χ3v) is 6.40. The quantitative estimate of drug-likeness (QED) is 0.871. The second-order valence-corrected chi connectivity index (χ2v) is 8.67. The topological polar surface area (TPSA) is 85.1 Å². The number of thiophene rings is 1. The number of hydrogen-bond acceptors (Lipinski definition) is 7. The summed E-state index contributed by atoms with van der Waals surface area (Å²) in [4.78, 5) is 5.23. The van der Waals surface area contributed by atoms with E-state index in [0.29, 0.717) is 24.7 Å². The van der Waals surface area contributed by atoms with E-state index in [0.717, 1.165) is 9.35 Å². The van der Waals surface area contributed by atoms with Crippen LogP contribution in [0.4, 0.5) is 0 Å². The minimum atomic E-state index is -2.95. The van der Waals surface area contributed by atoms with Crippen LogP contribution in [0, 0.1) is 0 Å². The maximum Gasteiger partial charge on any atom is 0.228 e. The molecule has 108 valence electrons. The molecule has 2 aromatic heterocycles. The van der Waals surface area contributed by atoms with E-state index in [-0.39, 0.29) is 17.5 Å². The molecule has 0 spiro atoms. The van der Waals surface area contributed by atoms with Crippen LogP contribution >= 0.6 is 27.3 Å². The second kappa shape index (κ2) is 5.55. The van der Waals surface area contributed by atoms with Crippen molar-refractivity contribution < 1.29 is 12.9 Å². The molecule has 1 N–H and O–H groups in total. The SMILES string of the molecule is O=S1(=O)CCNC(Cc2nc(-c3cc(Br)cs3)no2)C1. The molecule has 0 saturated carbocycles. The largest absolute Gasteiger partial charge is 0.339 e. The Hall–Kier alpha value is -0.770. The minimum Gasteiger partial charge on any atom is -0.339 e. The van der Waals surface area contributed by atoms with Crippen molar-refractivity contribution in [3.8, 4) is 10.7 Å². The van der Waals surface area contributed by atoms with Gasteiger partial charge in [-0.05, 0) is 22.0 Å². The van der Waals surface area contributed by atoms with Crippen molar-refractivity contribution in [2.45, 2.75) is 12.5 Å². The van der Waals surface area contributed by atoms with Crippen molar-refractivity contribution in [1.82, 2.24) is 15.5 Å². The number of nitrogens with zero attached hydrogens (tertiary/aromatic N) is 2. The van der Waals surface area contributed by atoms with E-state index < -0.39 is 9.84 Å². The lowest BCUT2D eigenvalue weighted by atomic mass is 10.2.